The van der Waals surface area contributed by atoms with E-state index in [2.05, 4.69) is 499 Å². The second kappa shape index (κ2) is 31.8. The number of rotatable bonds is 12. The maximum absolute atomic E-state index is 6.38. The van der Waals surface area contributed by atoms with Crippen molar-refractivity contribution in [1.82, 2.24) is 0 Å². The number of hydrogen-bond acceptors (Lipinski definition) is 5. The molecule has 23 aromatic rings. The van der Waals surface area contributed by atoms with Gasteiger partial charge in [0.1, 0.15) is 11.2 Å². The highest BCUT2D eigenvalue weighted by Gasteiger charge is 2.40. The fourth-order valence-electron chi connectivity index (χ4n) is 21.8. The monoisotopic (exact) mass is 1710 g/mol. The molecule has 132 heavy (non-hydrogen) atoms. The van der Waals surface area contributed by atoms with Crippen molar-refractivity contribution in [3.63, 3.8) is 0 Å². The van der Waals surface area contributed by atoms with Gasteiger partial charge in [-0.25, -0.2) is 0 Å². The van der Waals surface area contributed by atoms with Crippen LogP contribution in [-0.2, 0) is 16.2 Å². The fourth-order valence-corrected chi connectivity index (χ4v) is 22.9. The summed E-state index contributed by atoms with van der Waals surface area (Å²) in [4.78, 5) is 7.31. The molecule has 0 unspecified atom stereocenters. The number of hydrogen-bond donors (Lipinski definition) is 0. The lowest BCUT2D eigenvalue weighted by Gasteiger charge is -2.30. The van der Waals surface area contributed by atoms with Gasteiger partial charge in [0, 0.05) is 103 Å². The lowest BCUT2D eigenvalue weighted by atomic mass is 9.82. The molecule has 2 aromatic heterocycles. The van der Waals surface area contributed by atoms with Crippen LogP contribution in [-0.4, -0.2) is 0 Å². The number of benzene rings is 21. The van der Waals surface area contributed by atoms with Crippen LogP contribution in [0, 0.1) is 0 Å². The molecule has 0 amide bonds. The third-order valence-corrected chi connectivity index (χ3v) is 29.6. The standard InChI is InChI=1S/C47H33NS.C45H33NO.C35H27N/c1-47(2)42-21-7-5-15-37(42)38-26-24-32(29-43(38)47)48(31-25-27-46-41(28-31)40-16-6-8-23-45(40)49-46)44-22-11-19-36-35(18-10-20-39(36)44)34-17-9-13-30-12-3-4-14-33(30)34;1-45(2)41-17-8-6-13-37(41)38-28-27-35(29-42(38)45)46(33-23-19-31(20-24-33)30-11-4-3-5-12-30)34-25-21-32(22-26-34)36-15-10-16-40-39-14-7-9-18-43(39)47-44(36)40;1-35(2)31-18-8-7-17-29(31)30-22-21-26(23-32(30)35)36(33-19-9-13-24-11-3-5-15-27(24)33)34-20-10-14-25-12-4-6-16-28(25)34/h3-29H,1-2H3;3-29H,1-2H3;3-23H,1-2H3. The van der Waals surface area contributed by atoms with Crippen molar-refractivity contribution in [3.05, 3.63) is 488 Å². The predicted molar refractivity (Wildman–Crippen MR) is 563 cm³/mol. The summed E-state index contributed by atoms with van der Waals surface area (Å²) in [6, 6.07) is 166. The number of anilines is 9. The zero-order valence-corrected chi connectivity index (χ0v) is 75.3. The molecule has 5 heteroatoms. The van der Waals surface area contributed by atoms with Crippen LogP contribution < -0.4 is 14.7 Å². The molecule has 0 saturated carbocycles. The summed E-state index contributed by atoms with van der Waals surface area (Å²) in [5, 5.41) is 14.9. The van der Waals surface area contributed by atoms with Gasteiger partial charge >= 0.3 is 0 Å². The molecule has 3 aliphatic rings. The minimum absolute atomic E-state index is 0.0505. The molecule has 2 heterocycles. The molecule has 3 aliphatic carbocycles. The molecule has 0 fully saturated rings. The van der Waals surface area contributed by atoms with E-state index >= 15 is 0 Å². The summed E-state index contributed by atoms with van der Waals surface area (Å²) < 4.78 is 9.01. The Kier molecular flexibility index (Phi) is 19.1. The number of fused-ring (bicyclic) bond motifs is 19. The van der Waals surface area contributed by atoms with Gasteiger partial charge in [-0.05, 0) is 231 Å². The highest BCUT2D eigenvalue weighted by Crippen LogP contribution is 2.57. The van der Waals surface area contributed by atoms with Crippen LogP contribution in [0.15, 0.2) is 459 Å². The summed E-state index contributed by atoms with van der Waals surface area (Å²) in [5.74, 6) is 0. The Morgan fingerprint density at radius 3 is 1.10 bits per heavy atom. The lowest BCUT2D eigenvalue weighted by Crippen LogP contribution is -2.16. The minimum atomic E-state index is -0.0958. The summed E-state index contributed by atoms with van der Waals surface area (Å²) in [6.45, 7) is 14.1. The van der Waals surface area contributed by atoms with Gasteiger partial charge < -0.3 is 19.1 Å². The van der Waals surface area contributed by atoms with E-state index in [1.165, 1.54) is 181 Å². The van der Waals surface area contributed by atoms with Crippen molar-refractivity contribution in [3.8, 4) is 66.8 Å². The summed E-state index contributed by atoms with van der Waals surface area (Å²) in [7, 11) is 0. The second-order valence-electron chi connectivity index (χ2n) is 36.9. The molecule has 26 rings (SSSR count). The third-order valence-electron chi connectivity index (χ3n) is 28.4. The zero-order valence-electron chi connectivity index (χ0n) is 74.5. The van der Waals surface area contributed by atoms with Gasteiger partial charge in [0.25, 0.3) is 0 Å². The molecular formula is C127H93N3OS. The largest absolute Gasteiger partial charge is 0.455 e. The van der Waals surface area contributed by atoms with Crippen LogP contribution >= 0.6 is 11.3 Å². The molecule has 21 aromatic carbocycles. The van der Waals surface area contributed by atoms with Crippen LogP contribution in [0.1, 0.15) is 74.9 Å². The van der Waals surface area contributed by atoms with Gasteiger partial charge in [-0.15, -0.1) is 11.3 Å². The first-order chi connectivity index (χ1) is 64.7. The summed E-state index contributed by atoms with van der Waals surface area (Å²) in [5.41, 5.74) is 35.5. The summed E-state index contributed by atoms with van der Waals surface area (Å²) >= 11 is 1.87. The van der Waals surface area contributed by atoms with Gasteiger partial charge in [-0.1, -0.05) is 387 Å². The number of nitrogens with zero attached hydrogens (tertiary/aromatic N) is 3. The first-order valence-corrected chi connectivity index (χ1v) is 46.7. The van der Waals surface area contributed by atoms with Crippen LogP contribution in [0.25, 0.3) is 152 Å². The number of furan rings is 1. The molecule has 4 nitrogen and oxygen atoms in total. The second-order valence-corrected chi connectivity index (χ2v) is 38.0. The van der Waals surface area contributed by atoms with E-state index in [0.717, 1.165) is 55.8 Å². The Morgan fingerprint density at radius 2 is 0.530 bits per heavy atom. The lowest BCUT2D eigenvalue weighted by molar-refractivity contribution is 0.660. The van der Waals surface area contributed by atoms with Gasteiger partial charge in [-0.3, -0.25) is 0 Å². The normalized spacial score (nSPS) is 13.3. The van der Waals surface area contributed by atoms with Gasteiger partial charge in [0.15, 0.2) is 0 Å². The van der Waals surface area contributed by atoms with Crippen LogP contribution in [0.3, 0.4) is 0 Å². The molecule has 628 valence electrons. The van der Waals surface area contributed by atoms with Gasteiger partial charge in [-0.2, -0.15) is 0 Å². The first kappa shape index (κ1) is 79.5. The molecule has 0 atom stereocenters. The molecule has 0 aliphatic heterocycles. The first-order valence-electron chi connectivity index (χ1n) is 45.9. The molecule has 0 bridgehead atoms. The average Bonchev–Trinajstić information content (AvgIpc) is 1.48. The number of para-hydroxylation sites is 2. The average molecular weight is 1710 g/mol. The Labute approximate surface area is 774 Å². The van der Waals surface area contributed by atoms with Crippen molar-refractivity contribution in [2.24, 2.45) is 0 Å². The quantitative estimate of drug-likeness (QED) is 0.122. The molecular weight excluding hydrogens is 1620 g/mol. The number of thiophene rings is 1. The zero-order chi connectivity index (χ0) is 88.5. The summed E-state index contributed by atoms with van der Waals surface area (Å²) in [6.07, 6.45) is 0. The van der Waals surface area contributed by atoms with Crippen molar-refractivity contribution < 1.29 is 4.42 Å². The Bertz CT molecular complexity index is 8430. The maximum atomic E-state index is 6.38. The topological polar surface area (TPSA) is 22.9 Å². The van der Waals surface area contributed by atoms with Gasteiger partial charge in [0.2, 0.25) is 0 Å². The van der Waals surface area contributed by atoms with Crippen molar-refractivity contribution in [2.75, 3.05) is 14.7 Å². The van der Waals surface area contributed by atoms with E-state index in [4.69, 9.17) is 4.42 Å². The van der Waals surface area contributed by atoms with E-state index in [9.17, 15) is 0 Å². The van der Waals surface area contributed by atoms with Gasteiger partial charge in [0.05, 0.1) is 17.1 Å². The smallest absolute Gasteiger partial charge is 0.143 e. The minimum Gasteiger partial charge on any atom is -0.455 e. The van der Waals surface area contributed by atoms with E-state index in [0.29, 0.717) is 0 Å². The Balaban J connectivity index is 0.000000111. The molecule has 0 saturated heterocycles. The molecule has 0 radical (unpaired) electrons. The SMILES string of the molecule is CC1(C)c2ccccc2-c2ccc(N(c3ccc(-c4ccccc4)cc3)c3ccc(-c4cccc5c4oc4ccccc45)cc3)cc21.CC1(C)c2ccccc2-c2ccc(N(c3ccc4sc5ccccc5c4c3)c3cccc4c(-c5cccc6ccccc56)cccc34)cc21.CC1(C)c2ccccc2-c2ccc(N(c3cccc4ccccc34)c3cccc4ccccc34)cc21. The fraction of sp³-hybridized carbons (Fsp3) is 0.0709. The van der Waals surface area contributed by atoms with Crippen molar-refractivity contribution in [1.29, 1.82) is 0 Å². The molecule has 0 spiro atoms. The van der Waals surface area contributed by atoms with E-state index < -0.39 is 0 Å². The Morgan fingerprint density at radius 1 is 0.189 bits per heavy atom. The molecule has 0 N–H and O–H groups in total. The van der Waals surface area contributed by atoms with Crippen LogP contribution in [0.2, 0.25) is 0 Å². The van der Waals surface area contributed by atoms with E-state index in [1.807, 2.05) is 23.5 Å². The van der Waals surface area contributed by atoms with Crippen LogP contribution in [0.5, 0.6) is 0 Å². The predicted octanol–water partition coefficient (Wildman–Crippen LogP) is 36.3. The van der Waals surface area contributed by atoms with Crippen molar-refractivity contribution in [2.45, 2.75) is 57.8 Å². The van der Waals surface area contributed by atoms with E-state index in [-0.39, 0.29) is 16.2 Å². The highest BCUT2D eigenvalue weighted by atomic mass is 32.1. The van der Waals surface area contributed by atoms with E-state index in [1.54, 1.807) is 0 Å². The highest BCUT2D eigenvalue weighted by molar-refractivity contribution is 7.25. The Hall–Kier alpha value is -15.9. The van der Waals surface area contributed by atoms with Crippen molar-refractivity contribution >= 4 is 148 Å². The third kappa shape index (κ3) is 13.2. The van der Waals surface area contributed by atoms with Crippen LogP contribution in [0.4, 0.5) is 51.2 Å². The maximum Gasteiger partial charge on any atom is 0.143 e.